The highest BCUT2D eigenvalue weighted by atomic mass is 32.2. The number of hydrogen-bond acceptors (Lipinski definition) is 5. The van der Waals surface area contributed by atoms with Crippen LogP contribution in [0.25, 0.3) is 10.2 Å². The van der Waals surface area contributed by atoms with Gasteiger partial charge in [-0.3, -0.25) is 0 Å². The highest BCUT2D eigenvalue weighted by molar-refractivity contribution is 7.94. The molecule has 0 unspecified atom stereocenters. The second-order valence-electron chi connectivity index (χ2n) is 5.96. The van der Waals surface area contributed by atoms with E-state index in [0.717, 1.165) is 23.5 Å². The summed E-state index contributed by atoms with van der Waals surface area (Å²) in [4.78, 5) is 16.1. The fourth-order valence-electron chi connectivity index (χ4n) is 2.18. The lowest BCUT2D eigenvalue weighted by molar-refractivity contribution is 0.262. The molecule has 0 atom stereocenters. The number of benzene rings is 2. The maximum atomic E-state index is 13.6. The smallest absolute Gasteiger partial charge is 0.308 e. The van der Waals surface area contributed by atoms with Crippen LogP contribution in [0, 0.1) is 11.6 Å². The largest absolute Gasteiger partial charge is 0.323 e. The third kappa shape index (κ3) is 4.06. The molecule has 2 aromatic carbocycles. The first-order chi connectivity index (χ1) is 12.7. The maximum Gasteiger partial charge on any atom is 0.323 e. The zero-order chi connectivity index (χ0) is 19.8. The third-order valence-electron chi connectivity index (χ3n) is 3.67. The van der Waals surface area contributed by atoms with Crippen molar-refractivity contribution < 1.29 is 22.0 Å². The molecule has 3 rings (SSSR count). The number of fused-ring (bicyclic) bond motifs is 1. The number of sulfone groups is 1. The highest BCUT2D eigenvalue weighted by Crippen LogP contribution is 2.30. The topological polar surface area (TPSA) is 88.2 Å². The van der Waals surface area contributed by atoms with E-state index in [-0.39, 0.29) is 10.0 Å². The van der Waals surface area contributed by atoms with E-state index >= 15 is 0 Å². The van der Waals surface area contributed by atoms with E-state index in [4.69, 9.17) is 0 Å². The normalized spacial score (nSPS) is 11.7. The second-order valence-corrected chi connectivity index (χ2v) is 9.67. The summed E-state index contributed by atoms with van der Waals surface area (Å²) in [6.07, 6.45) is 0. The number of rotatable bonds is 4. The molecule has 0 saturated carbocycles. The number of nitrogens with one attached hydrogen (secondary N) is 2. The van der Waals surface area contributed by atoms with E-state index in [0.29, 0.717) is 22.0 Å². The third-order valence-corrected chi connectivity index (χ3v) is 7.25. The summed E-state index contributed by atoms with van der Waals surface area (Å²) in [6, 6.07) is 6.79. The lowest BCUT2D eigenvalue weighted by Gasteiger charge is -2.08. The molecule has 3 aromatic rings. The Morgan fingerprint density at radius 3 is 2.52 bits per heavy atom. The number of carbonyl (C=O) groups is 1. The van der Waals surface area contributed by atoms with Crippen LogP contribution in [0.3, 0.4) is 0 Å². The number of carbonyl (C=O) groups excluding carboxylic acids is 1. The Labute approximate surface area is 158 Å². The van der Waals surface area contributed by atoms with Crippen molar-refractivity contribution in [3.63, 3.8) is 0 Å². The molecule has 0 saturated heterocycles. The summed E-state index contributed by atoms with van der Waals surface area (Å²) in [7, 11) is -3.49. The van der Waals surface area contributed by atoms with Gasteiger partial charge >= 0.3 is 6.03 Å². The summed E-state index contributed by atoms with van der Waals surface area (Å²) < 4.78 is 51.5. The lowest BCUT2D eigenvalue weighted by atomic mass is 10.3. The van der Waals surface area contributed by atoms with Gasteiger partial charge in [0.15, 0.2) is 0 Å². The molecule has 2 amide bonds. The van der Waals surface area contributed by atoms with Gasteiger partial charge in [0.25, 0.3) is 0 Å². The van der Waals surface area contributed by atoms with Crippen LogP contribution in [0.5, 0.6) is 0 Å². The molecule has 6 nitrogen and oxygen atoms in total. The summed E-state index contributed by atoms with van der Waals surface area (Å²) in [5, 5.41) is 4.20. The molecule has 0 aliphatic rings. The number of thiazole rings is 1. The number of urea groups is 1. The average molecular weight is 411 g/mol. The van der Waals surface area contributed by atoms with E-state index in [9.17, 15) is 22.0 Å². The van der Waals surface area contributed by atoms with Crippen LogP contribution in [0.2, 0.25) is 0 Å². The van der Waals surface area contributed by atoms with Crippen molar-refractivity contribution in [3.8, 4) is 0 Å². The molecule has 27 heavy (non-hydrogen) atoms. The second kappa shape index (κ2) is 7.20. The maximum absolute atomic E-state index is 13.6. The van der Waals surface area contributed by atoms with Crippen molar-refractivity contribution in [2.24, 2.45) is 0 Å². The lowest BCUT2D eigenvalue weighted by Crippen LogP contribution is -2.20. The molecule has 0 fully saturated rings. The summed E-state index contributed by atoms with van der Waals surface area (Å²) in [5.41, 5.74) is 0.701. The highest BCUT2D eigenvalue weighted by Gasteiger charge is 2.23. The molecule has 10 heteroatoms. The van der Waals surface area contributed by atoms with Crippen LogP contribution in [-0.2, 0) is 9.84 Å². The Morgan fingerprint density at radius 2 is 1.85 bits per heavy atom. The SMILES string of the molecule is CC(C)S(=O)(=O)c1nc2ccc(NC(=O)Nc3ccc(F)cc3F)cc2s1. The molecule has 0 radical (unpaired) electrons. The van der Waals surface area contributed by atoms with Crippen LogP contribution in [-0.4, -0.2) is 24.7 Å². The fourth-order valence-corrected chi connectivity index (χ4v) is 4.86. The number of hydrogen-bond donors (Lipinski definition) is 2. The van der Waals surface area contributed by atoms with E-state index < -0.39 is 32.8 Å². The van der Waals surface area contributed by atoms with Gasteiger partial charge in [-0.25, -0.2) is 27.0 Å². The molecular formula is C17H15F2N3O3S2. The van der Waals surface area contributed by atoms with Gasteiger partial charge in [0.2, 0.25) is 14.2 Å². The minimum Gasteiger partial charge on any atom is -0.308 e. The zero-order valence-electron chi connectivity index (χ0n) is 14.3. The number of halogens is 2. The predicted octanol–water partition coefficient (Wildman–Crippen LogP) is 4.40. The number of amides is 2. The molecule has 0 spiro atoms. The molecule has 0 aliphatic heterocycles. The Kier molecular flexibility index (Phi) is 5.11. The van der Waals surface area contributed by atoms with Crippen LogP contribution in [0.4, 0.5) is 25.0 Å². The standard InChI is InChI=1S/C17H15F2N3O3S2/c1-9(2)27(24,25)17-22-14-6-4-11(8-15(14)26-17)20-16(23)21-13-5-3-10(18)7-12(13)19/h3-9H,1-2H3,(H2,20,21,23). The quantitative estimate of drug-likeness (QED) is 0.666. The van der Waals surface area contributed by atoms with Crippen molar-refractivity contribution in [2.45, 2.75) is 23.4 Å². The van der Waals surface area contributed by atoms with Gasteiger partial charge in [-0.15, -0.1) is 11.3 Å². The van der Waals surface area contributed by atoms with Crippen molar-refractivity contribution in [2.75, 3.05) is 10.6 Å². The molecule has 0 bridgehead atoms. The Hall–Kier alpha value is -2.59. The molecular weight excluding hydrogens is 396 g/mol. The monoisotopic (exact) mass is 411 g/mol. The van der Waals surface area contributed by atoms with Gasteiger partial charge in [0, 0.05) is 11.8 Å². The Morgan fingerprint density at radius 1 is 1.11 bits per heavy atom. The Balaban J connectivity index is 1.80. The van der Waals surface area contributed by atoms with Gasteiger partial charge in [-0.1, -0.05) is 0 Å². The first-order valence-corrected chi connectivity index (χ1v) is 10.2. The Bertz CT molecular complexity index is 1130. The molecule has 2 N–H and O–H groups in total. The van der Waals surface area contributed by atoms with Crippen LogP contribution in [0.1, 0.15) is 13.8 Å². The van der Waals surface area contributed by atoms with Gasteiger partial charge in [-0.05, 0) is 44.2 Å². The minimum atomic E-state index is -3.49. The predicted molar refractivity (Wildman–Crippen MR) is 101 cm³/mol. The number of nitrogens with zero attached hydrogens (tertiary/aromatic N) is 1. The van der Waals surface area contributed by atoms with Gasteiger partial charge < -0.3 is 10.6 Å². The van der Waals surface area contributed by atoms with Gasteiger partial charge in [0.05, 0.1) is 21.2 Å². The van der Waals surface area contributed by atoms with Crippen LogP contribution in [0.15, 0.2) is 40.7 Å². The first-order valence-electron chi connectivity index (χ1n) is 7.84. The molecule has 0 aliphatic carbocycles. The van der Waals surface area contributed by atoms with Gasteiger partial charge in [0.1, 0.15) is 11.6 Å². The summed E-state index contributed by atoms with van der Waals surface area (Å²) in [6.45, 7) is 3.15. The number of aromatic nitrogens is 1. The molecule has 1 heterocycles. The average Bonchev–Trinajstić information content (AvgIpc) is 3.01. The van der Waals surface area contributed by atoms with Crippen LogP contribution < -0.4 is 10.6 Å². The van der Waals surface area contributed by atoms with E-state index in [2.05, 4.69) is 15.6 Å². The zero-order valence-corrected chi connectivity index (χ0v) is 15.9. The summed E-state index contributed by atoms with van der Waals surface area (Å²) in [5.74, 6) is -1.65. The first kappa shape index (κ1) is 19.2. The molecule has 1 aromatic heterocycles. The van der Waals surface area contributed by atoms with Crippen molar-refractivity contribution in [3.05, 3.63) is 48.0 Å². The van der Waals surface area contributed by atoms with Gasteiger partial charge in [-0.2, -0.15) is 0 Å². The van der Waals surface area contributed by atoms with Crippen molar-refractivity contribution in [1.82, 2.24) is 4.98 Å². The molecule has 142 valence electrons. The number of anilines is 2. The van der Waals surface area contributed by atoms with E-state index in [1.165, 1.54) is 0 Å². The van der Waals surface area contributed by atoms with Crippen molar-refractivity contribution in [1.29, 1.82) is 0 Å². The summed E-state index contributed by atoms with van der Waals surface area (Å²) >= 11 is 1.01. The van der Waals surface area contributed by atoms with E-state index in [1.807, 2.05) is 0 Å². The minimum absolute atomic E-state index is 0.0162. The van der Waals surface area contributed by atoms with Crippen molar-refractivity contribution >= 4 is 48.8 Å². The fraction of sp³-hybridized carbons (Fsp3) is 0.176. The van der Waals surface area contributed by atoms with Crippen LogP contribution >= 0.6 is 11.3 Å². The van der Waals surface area contributed by atoms with E-state index in [1.54, 1.807) is 32.0 Å².